The molecule has 0 bridgehead atoms. The van der Waals surface area contributed by atoms with Crippen molar-refractivity contribution in [3.05, 3.63) is 48.0 Å². The average Bonchev–Trinajstić information content (AvgIpc) is 2.71. The predicted molar refractivity (Wildman–Crippen MR) is 109 cm³/mol. The number of amides is 2. The summed E-state index contributed by atoms with van der Waals surface area (Å²) in [6.45, 7) is -0.430. The first kappa shape index (κ1) is 22.1. The highest BCUT2D eigenvalue weighted by atomic mass is 32.2. The van der Waals surface area contributed by atoms with Gasteiger partial charge in [-0.1, -0.05) is 18.2 Å². The number of nitrogens with two attached hydrogens (primary N) is 1. The molecule has 9 heteroatoms. The molecule has 3 N–H and O–H groups in total. The van der Waals surface area contributed by atoms with Gasteiger partial charge in [0.1, 0.15) is 0 Å². The predicted octanol–water partition coefficient (Wildman–Crippen LogP) is 2.01. The van der Waals surface area contributed by atoms with Crippen LogP contribution in [0.25, 0.3) is 0 Å². The fourth-order valence-corrected chi connectivity index (χ4v) is 3.13. The fraction of sp³-hybridized carbons (Fsp3) is 0.250. The van der Waals surface area contributed by atoms with Crippen LogP contribution in [0.5, 0.6) is 11.5 Å². The molecule has 0 atom stereocenters. The third-order valence-corrected chi connectivity index (χ3v) is 4.79. The van der Waals surface area contributed by atoms with Crippen molar-refractivity contribution in [1.82, 2.24) is 0 Å². The minimum absolute atomic E-state index is 0.0152. The zero-order valence-corrected chi connectivity index (χ0v) is 16.9. The summed E-state index contributed by atoms with van der Waals surface area (Å²) in [4.78, 5) is 35.8. The molecular formula is C20H22N2O6S. The molecule has 8 nitrogen and oxygen atoms in total. The lowest BCUT2D eigenvalue weighted by Crippen LogP contribution is -2.22. The monoisotopic (exact) mass is 418 g/mol. The Morgan fingerprint density at radius 1 is 1.03 bits per heavy atom. The van der Waals surface area contributed by atoms with Crippen LogP contribution in [0.1, 0.15) is 5.56 Å². The SMILES string of the molecule is COc1ccc(CC(=O)OCC(=O)Nc2ccccc2SCC(N)=O)cc1OC. The number of carbonyl (C=O) groups excluding carboxylic acids is 3. The van der Waals surface area contributed by atoms with Crippen LogP contribution in [0.4, 0.5) is 5.69 Å². The van der Waals surface area contributed by atoms with E-state index < -0.39 is 24.4 Å². The number of methoxy groups -OCH3 is 2. The lowest BCUT2D eigenvalue weighted by atomic mass is 10.1. The molecule has 0 saturated heterocycles. The number of anilines is 1. The zero-order valence-electron chi connectivity index (χ0n) is 16.1. The summed E-state index contributed by atoms with van der Waals surface area (Å²) in [5, 5.41) is 2.66. The van der Waals surface area contributed by atoms with E-state index in [9.17, 15) is 14.4 Å². The normalized spacial score (nSPS) is 10.1. The van der Waals surface area contributed by atoms with Crippen molar-refractivity contribution in [2.45, 2.75) is 11.3 Å². The lowest BCUT2D eigenvalue weighted by Gasteiger charge is -2.11. The fourth-order valence-electron chi connectivity index (χ4n) is 2.39. The second-order valence-corrected chi connectivity index (χ2v) is 6.84. The topological polar surface area (TPSA) is 117 Å². The molecule has 154 valence electrons. The Balaban J connectivity index is 1.88. The van der Waals surface area contributed by atoms with Gasteiger partial charge in [0.2, 0.25) is 5.91 Å². The van der Waals surface area contributed by atoms with Crippen molar-refractivity contribution in [1.29, 1.82) is 0 Å². The summed E-state index contributed by atoms with van der Waals surface area (Å²) >= 11 is 1.21. The van der Waals surface area contributed by atoms with E-state index in [2.05, 4.69) is 5.32 Å². The first-order valence-corrected chi connectivity index (χ1v) is 9.58. The lowest BCUT2D eigenvalue weighted by molar-refractivity contribution is -0.146. The minimum atomic E-state index is -0.552. The number of rotatable bonds is 10. The molecule has 2 rings (SSSR count). The van der Waals surface area contributed by atoms with Gasteiger partial charge in [-0.05, 0) is 29.8 Å². The quantitative estimate of drug-likeness (QED) is 0.448. The molecule has 0 fully saturated rings. The zero-order chi connectivity index (χ0) is 21.2. The van der Waals surface area contributed by atoms with Crippen LogP contribution in [0.15, 0.2) is 47.4 Å². The highest BCUT2D eigenvalue weighted by Crippen LogP contribution is 2.28. The van der Waals surface area contributed by atoms with Crippen LogP contribution >= 0.6 is 11.8 Å². The molecule has 0 aliphatic rings. The van der Waals surface area contributed by atoms with Gasteiger partial charge in [-0.15, -0.1) is 11.8 Å². The maximum atomic E-state index is 12.1. The standard InChI is InChI=1S/C20H22N2O6S/c1-26-15-8-7-13(9-16(15)27-2)10-20(25)28-11-19(24)22-14-5-3-4-6-17(14)29-12-18(21)23/h3-9H,10-12H2,1-2H3,(H2,21,23)(H,22,24). The molecule has 0 heterocycles. The van der Waals surface area contributed by atoms with Gasteiger partial charge in [-0.3, -0.25) is 14.4 Å². The van der Waals surface area contributed by atoms with E-state index in [0.29, 0.717) is 27.6 Å². The van der Waals surface area contributed by atoms with Crippen LogP contribution in [-0.4, -0.2) is 44.4 Å². The summed E-state index contributed by atoms with van der Waals surface area (Å²) < 4.78 is 15.4. The van der Waals surface area contributed by atoms with Crippen molar-refractivity contribution in [3.8, 4) is 11.5 Å². The number of hydrogen-bond donors (Lipinski definition) is 2. The maximum Gasteiger partial charge on any atom is 0.310 e. The van der Waals surface area contributed by atoms with E-state index in [1.165, 1.54) is 26.0 Å². The summed E-state index contributed by atoms with van der Waals surface area (Å²) in [7, 11) is 3.03. The summed E-state index contributed by atoms with van der Waals surface area (Å²) in [6, 6.07) is 12.0. The van der Waals surface area contributed by atoms with Crippen molar-refractivity contribution < 1.29 is 28.6 Å². The number of nitrogens with one attached hydrogen (secondary N) is 1. The summed E-state index contributed by atoms with van der Waals surface area (Å²) in [5.74, 6) is -0.355. The number of para-hydroxylation sites is 1. The van der Waals surface area contributed by atoms with Gasteiger partial charge in [0.25, 0.3) is 5.91 Å². The molecule has 0 aromatic heterocycles. The average molecular weight is 418 g/mol. The van der Waals surface area contributed by atoms with Gasteiger partial charge in [0.05, 0.1) is 32.1 Å². The van der Waals surface area contributed by atoms with Crippen LogP contribution in [-0.2, 0) is 25.5 Å². The number of thioether (sulfide) groups is 1. The van der Waals surface area contributed by atoms with Crippen LogP contribution in [0.3, 0.4) is 0 Å². The van der Waals surface area contributed by atoms with E-state index >= 15 is 0 Å². The Bertz CT molecular complexity index is 887. The highest BCUT2D eigenvalue weighted by molar-refractivity contribution is 8.00. The van der Waals surface area contributed by atoms with Gasteiger partial charge in [-0.2, -0.15) is 0 Å². The molecule has 0 radical (unpaired) electrons. The Hall–Kier alpha value is -3.20. The van der Waals surface area contributed by atoms with Gasteiger partial charge >= 0.3 is 5.97 Å². The molecule has 2 amide bonds. The van der Waals surface area contributed by atoms with Crippen molar-refractivity contribution in [2.24, 2.45) is 5.73 Å². The number of primary amides is 1. The second-order valence-electron chi connectivity index (χ2n) is 5.83. The van der Waals surface area contributed by atoms with Gasteiger partial charge < -0.3 is 25.3 Å². The maximum absolute atomic E-state index is 12.1. The summed E-state index contributed by atoms with van der Waals surface area (Å²) in [6.07, 6.45) is -0.0152. The van der Waals surface area contributed by atoms with E-state index in [4.69, 9.17) is 19.9 Å². The van der Waals surface area contributed by atoms with Crippen molar-refractivity contribution in [3.63, 3.8) is 0 Å². The van der Waals surface area contributed by atoms with Gasteiger partial charge in [0, 0.05) is 4.90 Å². The smallest absolute Gasteiger partial charge is 0.310 e. The molecule has 0 aliphatic heterocycles. The molecule has 29 heavy (non-hydrogen) atoms. The third kappa shape index (κ3) is 7.04. The Morgan fingerprint density at radius 2 is 1.76 bits per heavy atom. The van der Waals surface area contributed by atoms with Crippen LogP contribution in [0.2, 0.25) is 0 Å². The number of carbonyl (C=O) groups is 3. The van der Waals surface area contributed by atoms with Gasteiger partial charge in [0.15, 0.2) is 18.1 Å². The third-order valence-electron chi connectivity index (χ3n) is 3.69. The largest absolute Gasteiger partial charge is 0.493 e. The highest BCUT2D eigenvalue weighted by Gasteiger charge is 2.13. The molecule has 0 aliphatic carbocycles. The first-order valence-electron chi connectivity index (χ1n) is 8.59. The molecule has 2 aromatic carbocycles. The number of ether oxygens (including phenoxy) is 3. The van der Waals surface area contributed by atoms with Crippen molar-refractivity contribution >= 4 is 35.2 Å². The first-order chi connectivity index (χ1) is 13.9. The van der Waals surface area contributed by atoms with Gasteiger partial charge in [-0.25, -0.2) is 0 Å². The molecule has 0 saturated carbocycles. The molecule has 2 aromatic rings. The van der Waals surface area contributed by atoms with Crippen molar-refractivity contribution in [2.75, 3.05) is 31.9 Å². The minimum Gasteiger partial charge on any atom is -0.493 e. The summed E-state index contributed by atoms with van der Waals surface area (Å²) in [5.41, 5.74) is 6.33. The molecule has 0 unspecified atom stereocenters. The van der Waals surface area contributed by atoms with E-state index in [1.54, 1.807) is 42.5 Å². The molecule has 0 spiro atoms. The molecular weight excluding hydrogens is 396 g/mol. The van der Waals surface area contributed by atoms with E-state index in [0.717, 1.165) is 0 Å². The second kappa shape index (κ2) is 11.0. The number of esters is 1. The Morgan fingerprint density at radius 3 is 2.45 bits per heavy atom. The van der Waals surface area contributed by atoms with E-state index in [-0.39, 0.29) is 12.2 Å². The number of benzene rings is 2. The van der Waals surface area contributed by atoms with E-state index in [1.807, 2.05) is 0 Å². The Labute approximate surface area is 172 Å². The van der Waals surface area contributed by atoms with Crippen LogP contribution < -0.4 is 20.5 Å². The number of hydrogen-bond acceptors (Lipinski definition) is 7. The Kier molecular flexibility index (Phi) is 8.35. The van der Waals surface area contributed by atoms with Crippen LogP contribution in [0, 0.1) is 0 Å².